The largest absolute Gasteiger partial charge is 0.495 e. The number of nitrogens with zero attached hydrogens (tertiary/aromatic N) is 3. The number of anilines is 1. The third-order valence-electron chi connectivity index (χ3n) is 5.38. The normalized spacial score (nSPS) is 18.8. The van der Waals surface area contributed by atoms with Crippen LogP contribution in [0.5, 0.6) is 5.75 Å². The number of nitrogens with one attached hydrogen (secondary N) is 1. The predicted octanol–water partition coefficient (Wildman–Crippen LogP) is -0.909. The Kier molecular flexibility index (Phi) is 5.98. The highest BCUT2D eigenvalue weighted by atomic mass is 16.5. The fourth-order valence-electron chi connectivity index (χ4n) is 3.73. The smallest absolute Gasteiger partial charge is 0.277 e. The van der Waals surface area contributed by atoms with Crippen molar-refractivity contribution in [3.05, 3.63) is 24.3 Å². The van der Waals surface area contributed by atoms with Crippen LogP contribution in [-0.4, -0.2) is 87.6 Å². The topological polar surface area (TPSA) is 57.5 Å². The number of ether oxygens (including phenoxy) is 1. The van der Waals surface area contributed by atoms with Crippen LogP contribution in [0, 0.1) is 0 Å². The number of hydrogen-bond acceptors (Lipinski definition) is 4. The quantitative estimate of drug-likeness (QED) is 0.755. The average molecular weight is 361 g/mol. The number of benzene rings is 1. The van der Waals surface area contributed by atoms with Crippen LogP contribution in [0.2, 0.25) is 0 Å². The molecule has 0 spiro atoms. The van der Waals surface area contributed by atoms with E-state index in [1.807, 2.05) is 28.0 Å². The monoisotopic (exact) mass is 361 g/mol. The number of methoxy groups -OCH3 is 1. The highest BCUT2D eigenvalue weighted by Crippen LogP contribution is 2.28. The van der Waals surface area contributed by atoms with E-state index in [2.05, 4.69) is 11.0 Å². The average Bonchev–Trinajstić information content (AvgIpc) is 2.68. The molecule has 0 saturated carbocycles. The standard InChI is InChI=1S/C19H28N4O3/c1-16(24)21-9-7-20(8-10-21)15-19(25)23-13-11-22(12-14-23)17-5-3-4-6-18(17)26-2/h3-6H,7-15H2,1-2H3/p+1. The van der Waals surface area contributed by atoms with Crippen molar-refractivity contribution < 1.29 is 19.2 Å². The Hall–Kier alpha value is -2.28. The number of quaternary nitrogens is 1. The molecule has 2 heterocycles. The number of para-hydroxylation sites is 2. The second-order valence-electron chi connectivity index (χ2n) is 6.97. The molecule has 0 atom stereocenters. The Bertz CT molecular complexity index is 635. The van der Waals surface area contributed by atoms with Crippen LogP contribution in [0.3, 0.4) is 0 Å². The SMILES string of the molecule is COc1ccccc1N1CCN(C(=O)C[NH+]2CCN(C(C)=O)CC2)CC1. The fraction of sp³-hybridized carbons (Fsp3) is 0.579. The number of piperazine rings is 2. The van der Waals surface area contributed by atoms with Crippen molar-refractivity contribution >= 4 is 17.5 Å². The highest BCUT2D eigenvalue weighted by Gasteiger charge is 2.28. The van der Waals surface area contributed by atoms with Crippen LogP contribution in [-0.2, 0) is 9.59 Å². The van der Waals surface area contributed by atoms with Crippen LogP contribution >= 0.6 is 0 Å². The predicted molar refractivity (Wildman–Crippen MR) is 99.6 cm³/mol. The summed E-state index contributed by atoms with van der Waals surface area (Å²) in [6.07, 6.45) is 0. The molecule has 0 bridgehead atoms. The van der Waals surface area contributed by atoms with Crippen molar-refractivity contribution in [1.82, 2.24) is 9.80 Å². The number of carbonyl (C=O) groups excluding carboxylic acids is 2. The lowest BCUT2D eigenvalue weighted by molar-refractivity contribution is -0.896. The van der Waals surface area contributed by atoms with Crippen LogP contribution in [0.1, 0.15) is 6.92 Å². The molecule has 2 amide bonds. The van der Waals surface area contributed by atoms with Crippen molar-refractivity contribution in [2.24, 2.45) is 0 Å². The van der Waals surface area contributed by atoms with Crippen molar-refractivity contribution in [3.63, 3.8) is 0 Å². The zero-order valence-electron chi connectivity index (χ0n) is 15.7. The maximum atomic E-state index is 12.6. The molecule has 2 aliphatic heterocycles. The molecule has 0 aromatic heterocycles. The van der Waals surface area contributed by atoms with E-state index in [1.165, 1.54) is 4.90 Å². The van der Waals surface area contributed by atoms with Gasteiger partial charge in [0.1, 0.15) is 5.75 Å². The van der Waals surface area contributed by atoms with Gasteiger partial charge in [0.05, 0.1) is 39.0 Å². The summed E-state index contributed by atoms with van der Waals surface area (Å²) in [6, 6.07) is 8.02. The number of amides is 2. The minimum atomic E-state index is 0.128. The van der Waals surface area contributed by atoms with Crippen LogP contribution in [0.4, 0.5) is 5.69 Å². The van der Waals surface area contributed by atoms with Gasteiger partial charge in [-0.2, -0.15) is 0 Å². The highest BCUT2D eigenvalue weighted by molar-refractivity contribution is 5.77. The van der Waals surface area contributed by atoms with Crippen molar-refractivity contribution in [1.29, 1.82) is 0 Å². The van der Waals surface area contributed by atoms with E-state index in [9.17, 15) is 9.59 Å². The fourth-order valence-corrected chi connectivity index (χ4v) is 3.73. The third-order valence-corrected chi connectivity index (χ3v) is 5.38. The van der Waals surface area contributed by atoms with Gasteiger partial charge >= 0.3 is 0 Å². The molecule has 1 aromatic carbocycles. The van der Waals surface area contributed by atoms with E-state index in [0.717, 1.165) is 63.8 Å². The first-order chi connectivity index (χ1) is 12.6. The summed E-state index contributed by atoms with van der Waals surface area (Å²) in [6.45, 7) is 8.46. The van der Waals surface area contributed by atoms with Gasteiger partial charge in [-0.1, -0.05) is 12.1 Å². The van der Waals surface area contributed by atoms with Gasteiger partial charge in [0, 0.05) is 33.1 Å². The summed E-state index contributed by atoms with van der Waals surface area (Å²) in [5, 5.41) is 0. The maximum absolute atomic E-state index is 12.6. The van der Waals surface area contributed by atoms with Gasteiger partial charge in [0.2, 0.25) is 5.91 Å². The lowest BCUT2D eigenvalue weighted by atomic mass is 10.2. The molecule has 0 aliphatic carbocycles. The summed E-state index contributed by atoms with van der Waals surface area (Å²) in [7, 11) is 1.69. The molecule has 0 unspecified atom stereocenters. The molecule has 1 aromatic rings. The van der Waals surface area contributed by atoms with Crippen molar-refractivity contribution in [2.45, 2.75) is 6.92 Å². The lowest BCUT2D eigenvalue weighted by Crippen LogP contribution is -3.15. The van der Waals surface area contributed by atoms with Gasteiger partial charge in [-0.25, -0.2) is 0 Å². The molecule has 2 aliphatic rings. The van der Waals surface area contributed by atoms with Gasteiger partial charge in [-0.05, 0) is 12.1 Å². The molecule has 2 fully saturated rings. The first-order valence-electron chi connectivity index (χ1n) is 9.33. The Morgan fingerprint density at radius 1 is 1.00 bits per heavy atom. The summed E-state index contributed by atoms with van der Waals surface area (Å²) in [5.74, 6) is 1.22. The minimum absolute atomic E-state index is 0.128. The van der Waals surface area contributed by atoms with Crippen molar-refractivity contribution in [3.8, 4) is 5.75 Å². The molecular weight excluding hydrogens is 332 g/mol. The molecular formula is C19H29N4O3+. The Balaban J connectivity index is 1.47. The zero-order valence-corrected chi connectivity index (χ0v) is 15.7. The van der Waals surface area contributed by atoms with Gasteiger partial charge < -0.3 is 24.3 Å². The molecule has 26 heavy (non-hydrogen) atoms. The molecule has 7 heteroatoms. The molecule has 1 N–H and O–H groups in total. The van der Waals surface area contributed by atoms with Crippen LogP contribution < -0.4 is 14.5 Å². The second kappa shape index (κ2) is 8.40. The first kappa shape index (κ1) is 18.5. The Morgan fingerprint density at radius 2 is 1.65 bits per heavy atom. The van der Waals surface area contributed by atoms with E-state index >= 15 is 0 Å². The van der Waals surface area contributed by atoms with E-state index in [1.54, 1.807) is 14.0 Å². The number of hydrogen-bond donors (Lipinski definition) is 1. The van der Waals surface area contributed by atoms with Gasteiger partial charge in [-0.3, -0.25) is 9.59 Å². The maximum Gasteiger partial charge on any atom is 0.277 e. The first-order valence-corrected chi connectivity index (χ1v) is 9.33. The molecule has 2 saturated heterocycles. The van der Waals surface area contributed by atoms with Crippen molar-refractivity contribution in [2.75, 3.05) is 70.9 Å². The van der Waals surface area contributed by atoms with E-state index in [0.29, 0.717) is 6.54 Å². The Morgan fingerprint density at radius 3 is 2.27 bits per heavy atom. The van der Waals surface area contributed by atoms with Gasteiger partial charge in [0.25, 0.3) is 5.91 Å². The van der Waals surface area contributed by atoms with Crippen LogP contribution in [0.25, 0.3) is 0 Å². The number of rotatable bonds is 4. The Labute approximate surface area is 155 Å². The van der Waals surface area contributed by atoms with E-state index in [-0.39, 0.29) is 11.8 Å². The summed E-state index contributed by atoms with van der Waals surface area (Å²) >= 11 is 0. The summed E-state index contributed by atoms with van der Waals surface area (Å²) < 4.78 is 5.45. The van der Waals surface area contributed by atoms with Crippen LogP contribution in [0.15, 0.2) is 24.3 Å². The van der Waals surface area contributed by atoms with Gasteiger partial charge in [-0.15, -0.1) is 0 Å². The molecule has 3 rings (SSSR count). The molecule has 0 radical (unpaired) electrons. The molecule has 142 valence electrons. The molecule has 7 nitrogen and oxygen atoms in total. The summed E-state index contributed by atoms with van der Waals surface area (Å²) in [5.41, 5.74) is 1.09. The van der Waals surface area contributed by atoms with E-state index in [4.69, 9.17) is 4.74 Å². The lowest BCUT2D eigenvalue weighted by Gasteiger charge is -2.37. The second-order valence-corrected chi connectivity index (χ2v) is 6.97. The number of carbonyl (C=O) groups is 2. The minimum Gasteiger partial charge on any atom is -0.495 e. The van der Waals surface area contributed by atoms with E-state index < -0.39 is 0 Å². The van der Waals surface area contributed by atoms with Gasteiger partial charge in [0.15, 0.2) is 6.54 Å². The summed E-state index contributed by atoms with van der Waals surface area (Å²) in [4.78, 5) is 31.4. The zero-order chi connectivity index (χ0) is 18.5. The third kappa shape index (κ3) is 4.27.